The molecular formula is C12H8Cl2F3NO3S2. The summed E-state index contributed by atoms with van der Waals surface area (Å²) in [6.45, 7) is 0.580. The first-order chi connectivity index (χ1) is 10.4. The Balaban J connectivity index is 2.46. The average Bonchev–Trinajstić information content (AvgIpc) is 2.77. The van der Waals surface area contributed by atoms with E-state index in [2.05, 4.69) is 4.98 Å². The average molecular weight is 406 g/mol. The zero-order chi connectivity index (χ0) is 17.6. The molecule has 1 N–H and O–H groups in total. The lowest BCUT2D eigenvalue weighted by atomic mass is 9.96. The predicted octanol–water partition coefficient (Wildman–Crippen LogP) is 4.05. The first-order valence-electron chi connectivity index (χ1n) is 5.84. The summed E-state index contributed by atoms with van der Waals surface area (Å²) >= 11 is 11.9. The van der Waals surface area contributed by atoms with Crippen LogP contribution in [0, 0.1) is 0 Å². The fourth-order valence-corrected chi connectivity index (χ4v) is 5.07. The van der Waals surface area contributed by atoms with Crippen molar-refractivity contribution in [1.29, 1.82) is 0 Å². The maximum atomic E-state index is 12.8. The van der Waals surface area contributed by atoms with Crippen molar-refractivity contribution in [2.45, 2.75) is 27.8 Å². The number of hydrogen-bond acceptors (Lipinski definition) is 5. The molecule has 0 bridgehead atoms. The molecule has 23 heavy (non-hydrogen) atoms. The Bertz CT molecular complexity index is 830. The summed E-state index contributed by atoms with van der Waals surface area (Å²) in [6.07, 6.45) is -4.90. The third-order valence-corrected chi connectivity index (χ3v) is 6.99. The van der Waals surface area contributed by atoms with Crippen LogP contribution in [0.4, 0.5) is 13.2 Å². The lowest BCUT2D eigenvalue weighted by molar-refractivity contribution is -0.258. The normalized spacial score (nSPS) is 15.4. The van der Waals surface area contributed by atoms with Crippen LogP contribution in [0.2, 0.25) is 9.62 Å². The summed E-state index contributed by atoms with van der Waals surface area (Å²) in [7, 11) is -4.07. The van der Waals surface area contributed by atoms with Crippen molar-refractivity contribution in [2.75, 3.05) is 0 Å². The quantitative estimate of drug-likeness (QED) is 0.835. The summed E-state index contributed by atoms with van der Waals surface area (Å²) < 4.78 is 62.7. The van der Waals surface area contributed by atoms with E-state index >= 15 is 0 Å². The number of nitrogens with zero attached hydrogens (tertiary/aromatic N) is 1. The maximum Gasteiger partial charge on any atom is 0.421 e. The van der Waals surface area contributed by atoms with Crippen LogP contribution in [0.1, 0.15) is 12.5 Å². The summed E-state index contributed by atoms with van der Waals surface area (Å²) in [4.78, 5) is 3.28. The van der Waals surface area contributed by atoms with Gasteiger partial charge in [0.2, 0.25) is 9.84 Å². The van der Waals surface area contributed by atoms with Gasteiger partial charge < -0.3 is 5.11 Å². The monoisotopic (exact) mass is 405 g/mol. The molecule has 2 rings (SSSR count). The highest BCUT2D eigenvalue weighted by molar-refractivity contribution is 7.93. The van der Waals surface area contributed by atoms with Gasteiger partial charge in [0.05, 0.1) is 4.90 Å². The van der Waals surface area contributed by atoms with E-state index in [1.807, 2.05) is 0 Å². The molecule has 126 valence electrons. The Morgan fingerprint density at radius 2 is 1.70 bits per heavy atom. The van der Waals surface area contributed by atoms with E-state index in [1.54, 1.807) is 0 Å². The van der Waals surface area contributed by atoms with E-state index in [-0.39, 0.29) is 18.7 Å². The number of rotatable bonds is 3. The maximum absolute atomic E-state index is 12.8. The molecule has 1 atom stereocenters. The molecule has 1 unspecified atom stereocenters. The topological polar surface area (TPSA) is 67.3 Å². The molecule has 0 saturated carbocycles. The first kappa shape index (κ1) is 18.5. The Morgan fingerprint density at radius 3 is 2.09 bits per heavy atom. The van der Waals surface area contributed by atoms with Crippen LogP contribution in [0.5, 0.6) is 0 Å². The molecule has 0 saturated heterocycles. The second-order valence-electron chi connectivity index (χ2n) is 4.64. The number of aliphatic hydroxyl groups is 1. The van der Waals surface area contributed by atoms with Crippen molar-refractivity contribution in [3.05, 3.63) is 39.4 Å². The molecule has 1 heterocycles. The highest BCUT2D eigenvalue weighted by Gasteiger charge is 2.51. The third-order valence-electron chi connectivity index (χ3n) is 3.05. The van der Waals surface area contributed by atoms with Gasteiger partial charge in [-0.25, -0.2) is 13.4 Å². The Kier molecular flexibility index (Phi) is 4.73. The van der Waals surface area contributed by atoms with Gasteiger partial charge in [0.15, 0.2) is 19.4 Å². The van der Waals surface area contributed by atoms with Gasteiger partial charge in [-0.15, -0.1) is 0 Å². The second-order valence-corrected chi connectivity index (χ2v) is 8.73. The van der Waals surface area contributed by atoms with Crippen molar-refractivity contribution in [2.24, 2.45) is 0 Å². The van der Waals surface area contributed by atoms with Crippen LogP contribution >= 0.6 is 34.5 Å². The molecule has 0 amide bonds. The molecule has 11 heteroatoms. The molecule has 0 aliphatic rings. The van der Waals surface area contributed by atoms with Crippen molar-refractivity contribution < 1.29 is 26.7 Å². The van der Waals surface area contributed by atoms with Crippen LogP contribution in [0.25, 0.3) is 0 Å². The highest BCUT2D eigenvalue weighted by Crippen LogP contribution is 2.39. The number of sulfone groups is 1. The molecule has 1 aromatic heterocycles. The van der Waals surface area contributed by atoms with Gasteiger partial charge in [0.25, 0.3) is 0 Å². The predicted molar refractivity (Wildman–Crippen MR) is 79.7 cm³/mol. The molecule has 1 aromatic carbocycles. The molecule has 0 spiro atoms. The van der Waals surface area contributed by atoms with Gasteiger partial charge in [0.1, 0.15) is 0 Å². The fourth-order valence-electron chi connectivity index (χ4n) is 1.66. The molecule has 0 aliphatic carbocycles. The van der Waals surface area contributed by atoms with Crippen LogP contribution in [-0.4, -0.2) is 24.7 Å². The van der Waals surface area contributed by atoms with E-state index in [9.17, 15) is 26.7 Å². The Labute approximate surface area is 143 Å². The zero-order valence-electron chi connectivity index (χ0n) is 11.2. The largest absolute Gasteiger partial charge is 0.421 e. The lowest BCUT2D eigenvalue weighted by Gasteiger charge is -2.26. The third kappa shape index (κ3) is 3.34. The lowest BCUT2D eigenvalue weighted by Crippen LogP contribution is -2.39. The minimum Gasteiger partial charge on any atom is -0.376 e. The minimum absolute atomic E-state index is 0.0785. The van der Waals surface area contributed by atoms with E-state index < -0.39 is 27.2 Å². The van der Waals surface area contributed by atoms with E-state index in [1.165, 1.54) is 0 Å². The number of hydrogen-bond donors (Lipinski definition) is 1. The Morgan fingerprint density at radius 1 is 1.17 bits per heavy atom. The Hall–Kier alpha value is -0.870. The van der Waals surface area contributed by atoms with Gasteiger partial charge in [-0.05, 0) is 24.6 Å². The summed E-state index contributed by atoms with van der Waals surface area (Å²) in [5, 5.41) is 9.25. The summed E-state index contributed by atoms with van der Waals surface area (Å²) in [6, 6.07) is 3.68. The molecule has 0 aliphatic heterocycles. The van der Waals surface area contributed by atoms with Gasteiger partial charge in [-0.2, -0.15) is 13.2 Å². The smallest absolute Gasteiger partial charge is 0.376 e. The molecule has 2 aromatic rings. The van der Waals surface area contributed by atoms with Crippen LogP contribution in [0.3, 0.4) is 0 Å². The van der Waals surface area contributed by atoms with Crippen molar-refractivity contribution in [3.63, 3.8) is 0 Å². The van der Waals surface area contributed by atoms with Crippen LogP contribution in [-0.2, 0) is 15.4 Å². The van der Waals surface area contributed by atoms with Crippen molar-refractivity contribution >= 4 is 44.4 Å². The molecule has 4 nitrogen and oxygen atoms in total. The number of benzene rings is 1. The standard InChI is InChI=1S/C12H8Cl2F3NO3S2/c1-11(19,12(15,16)17)6-2-4-7(5-3-6)23(20,21)9-8(13)18-10(14)22-9/h2-5,19H,1H3. The summed E-state index contributed by atoms with van der Waals surface area (Å²) in [5.41, 5.74) is -3.59. The van der Waals surface area contributed by atoms with Crippen molar-refractivity contribution in [3.8, 4) is 0 Å². The summed E-state index contributed by atoms with van der Waals surface area (Å²) in [5.74, 6) is 0. The van der Waals surface area contributed by atoms with Gasteiger partial charge in [-0.1, -0.05) is 46.7 Å². The van der Waals surface area contributed by atoms with Crippen molar-refractivity contribution in [1.82, 2.24) is 4.98 Å². The van der Waals surface area contributed by atoms with Gasteiger partial charge in [0, 0.05) is 0 Å². The minimum atomic E-state index is -4.90. The molecule has 0 radical (unpaired) electrons. The van der Waals surface area contributed by atoms with E-state index in [0.29, 0.717) is 18.3 Å². The van der Waals surface area contributed by atoms with Gasteiger partial charge >= 0.3 is 6.18 Å². The van der Waals surface area contributed by atoms with E-state index in [4.69, 9.17) is 23.2 Å². The number of halogens is 5. The molecular weight excluding hydrogens is 398 g/mol. The molecule has 0 fully saturated rings. The highest BCUT2D eigenvalue weighted by atomic mass is 35.5. The van der Waals surface area contributed by atoms with Crippen LogP contribution in [0.15, 0.2) is 33.4 Å². The van der Waals surface area contributed by atoms with Crippen LogP contribution < -0.4 is 0 Å². The first-order valence-corrected chi connectivity index (χ1v) is 8.89. The SMILES string of the molecule is CC(O)(c1ccc(S(=O)(=O)c2sc(Cl)nc2Cl)cc1)C(F)(F)F. The fraction of sp³-hybridized carbons (Fsp3) is 0.250. The number of aromatic nitrogens is 1. The second kappa shape index (κ2) is 5.89. The number of thiazole rings is 1. The zero-order valence-corrected chi connectivity index (χ0v) is 14.4. The van der Waals surface area contributed by atoms with E-state index in [0.717, 1.165) is 24.3 Å². The van der Waals surface area contributed by atoms with Gasteiger partial charge in [-0.3, -0.25) is 0 Å². The number of alkyl halides is 3.